The van der Waals surface area contributed by atoms with Crippen LogP contribution in [0, 0.1) is 0 Å². The smallest absolute Gasteiger partial charge is 0.325 e. The van der Waals surface area contributed by atoms with Gasteiger partial charge in [0.15, 0.2) is 11.2 Å². The number of rotatable bonds is 8. The number of hydrogen-bond acceptors (Lipinski definition) is 7. The maximum Gasteiger partial charge on any atom is 0.333 e. The van der Waals surface area contributed by atoms with E-state index < -0.39 is 29.6 Å². The van der Waals surface area contributed by atoms with Crippen LogP contribution in [-0.2, 0) is 29.2 Å². The summed E-state index contributed by atoms with van der Waals surface area (Å²) in [6.07, 6.45) is 1.50. The summed E-state index contributed by atoms with van der Waals surface area (Å²) in [6, 6.07) is 13.1. The van der Waals surface area contributed by atoms with Crippen molar-refractivity contribution in [1.29, 1.82) is 0 Å². The lowest BCUT2D eigenvalue weighted by Crippen LogP contribution is -2.48. The fraction of sp³-hybridized carbons (Fsp3) is 0.227. The van der Waals surface area contributed by atoms with Gasteiger partial charge >= 0.3 is 5.69 Å². The van der Waals surface area contributed by atoms with E-state index in [0.29, 0.717) is 6.54 Å². The first-order chi connectivity index (χ1) is 16.5. The normalized spacial score (nSPS) is 11.0. The van der Waals surface area contributed by atoms with E-state index in [-0.39, 0.29) is 23.5 Å². The molecule has 3 aromatic heterocycles. The van der Waals surface area contributed by atoms with Gasteiger partial charge in [0, 0.05) is 6.54 Å². The van der Waals surface area contributed by atoms with Gasteiger partial charge < -0.3 is 4.57 Å². The molecule has 0 spiro atoms. The maximum absolute atomic E-state index is 13.2. The van der Waals surface area contributed by atoms with E-state index in [4.69, 9.17) is 0 Å². The van der Waals surface area contributed by atoms with E-state index in [1.54, 1.807) is 4.57 Å². The lowest BCUT2D eigenvalue weighted by molar-refractivity contribution is -0.128. The van der Waals surface area contributed by atoms with Crippen molar-refractivity contribution in [3.05, 3.63) is 80.6 Å². The quantitative estimate of drug-likeness (QED) is 0.280. The highest BCUT2D eigenvalue weighted by molar-refractivity contribution is 8.01. The van der Waals surface area contributed by atoms with Crippen molar-refractivity contribution in [2.24, 2.45) is 0 Å². The molecular weight excluding hydrogens is 476 g/mol. The first kappa shape index (κ1) is 23.5. The molecule has 0 aliphatic heterocycles. The highest BCUT2D eigenvalue weighted by Gasteiger charge is 2.19. The molecule has 2 amide bonds. The molecule has 10 nitrogen and oxygen atoms in total. The van der Waals surface area contributed by atoms with Gasteiger partial charge in [-0.15, -0.1) is 23.1 Å². The van der Waals surface area contributed by atoms with Gasteiger partial charge in [0.1, 0.15) is 6.54 Å². The summed E-state index contributed by atoms with van der Waals surface area (Å²) in [7, 11) is 0. The zero-order valence-electron chi connectivity index (χ0n) is 18.3. The molecule has 0 radical (unpaired) electrons. The summed E-state index contributed by atoms with van der Waals surface area (Å²) < 4.78 is 4.85. The minimum absolute atomic E-state index is 0.117. The number of nitrogens with zero attached hydrogens (tertiary/aromatic N) is 4. The molecule has 12 heteroatoms. The molecule has 34 heavy (non-hydrogen) atoms. The summed E-state index contributed by atoms with van der Waals surface area (Å²) in [5.74, 6) is -0.978. The average molecular weight is 499 g/mol. The van der Waals surface area contributed by atoms with Gasteiger partial charge in [0.2, 0.25) is 5.91 Å². The van der Waals surface area contributed by atoms with E-state index in [9.17, 15) is 19.2 Å². The highest BCUT2D eigenvalue weighted by Crippen LogP contribution is 2.22. The number of aryl methyl sites for hydroxylation is 1. The Morgan fingerprint density at radius 1 is 1.03 bits per heavy atom. The Morgan fingerprint density at radius 2 is 1.79 bits per heavy atom. The van der Waals surface area contributed by atoms with Crippen molar-refractivity contribution in [3.8, 4) is 0 Å². The number of imidazole rings is 1. The number of thioether (sulfide) groups is 1. The molecule has 0 unspecified atom stereocenters. The summed E-state index contributed by atoms with van der Waals surface area (Å²) in [5, 5.41) is 1.91. The van der Waals surface area contributed by atoms with Crippen molar-refractivity contribution in [2.45, 2.75) is 30.8 Å². The Balaban J connectivity index is 1.55. The average Bonchev–Trinajstić information content (AvgIpc) is 3.52. The number of thiophene rings is 1. The van der Waals surface area contributed by atoms with Gasteiger partial charge in [0.25, 0.3) is 11.5 Å². The molecule has 4 rings (SSSR count). The third-order valence-electron chi connectivity index (χ3n) is 4.99. The molecule has 0 saturated heterocycles. The lowest BCUT2D eigenvalue weighted by atomic mass is 10.2. The van der Waals surface area contributed by atoms with Crippen molar-refractivity contribution in [3.63, 3.8) is 0 Å². The van der Waals surface area contributed by atoms with Crippen LogP contribution >= 0.6 is 23.1 Å². The van der Waals surface area contributed by atoms with E-state index >= 15 is 0 Å². The van der Waals surface area contributed by atoms with Crippen molar-refractivity contribution >= 4 is 46.1 Å². The molecule has 4 aromatic rings. The third kappa shape index (κ3) is 5.13. The first-order valence-corrected chi connectivity index (χ1v) is 12.3. The Labute approximate surface area is 202 Å². The van der Waals surface area contributed by atoms with Crippen molar-refractivity contribution in [2.75, 3.05) is 5.75 Å². The summed E-state index contributed by atoms with van der Waals surface area (Å²) in [4.78, 5) is 55.1. The molecule has 0 aliphatic rings. The van der Waals surface area contributed by atoms with Gasteiger partial charge in [-0.05, 0) is 23.9 Å². The van der Waals surface area contributed by atoms with Crippen LogP contribution in [0.4, 0.5) is 0 Å². The maximum atomic E-state index is 13.2. The van der Waals surface area contributed by atoms with Crippen LogP contribution < -0.4 is 22.1 Å². The van der Waals surface area contributed by atoms with Gasteiger partial charge in [-0.2, -0.15) is 0 Å². The number of fused-ring (bicyclic) bond motifs is 1. The number of benzene rings is 1. The van der Waals surface area contributed by atoms with Crippen LogP contribution in [0.1, 0.15) is 12.5 Å². The predicted molar refractivity (Wildman–Crippen MR) is 131 cm³/mol. The number of aromatic nitrogens is 4. The lowest BCUT2D eigenvalue weighted by Gasteiger charge is -2.13. The highest BCUT2D eigenvalue weighted by atomic mass is 32.2. The largest absolute Gasteiger partial charge is 0.333 e. The summed E-state index contributed by atoms with van der Waals surface area (Å²) in [6.45, 7) is 1.97. The minimum Gasteiger partial charge on any atom is -0.325 e. The van der Waals surface area contributed by atoms with E-state index in [1.807, 2.05) is 54.8 Å². The van der Waals surface area contributed by atoms with Crippen molar-refractivity contribution < 1.29 is 9.59 Å². The van der Waals surface area contributed by atoms with E-state index in [2.05, 4.69) is 15.8 Å². The van der Waals surface area contributed by atoms with Gasteiger partial charge in [-0.3, -0.25) is 29.8 Å². The molecule has 0 bridgehead atoms. The Bertz CT molecular complexity index is 1420. The number of hydrazine groups is 1. The number of amides is 2. The van der Waals surface area contributed by atoms with Crippen LogP contribution in [-0.4, -0.2) is 36.3 Å². The Morgan fingerprint density at radius 3 is 2.50 bits per heavy atom. The van der Waals surface area contributed by atoms with E-state index in [0.717, 1.165) is 14.3 Å². The number of hydrogen-bond donors (Lipinski definition) is 2. The number of nitrogens with one attached hydrogen (secondary N) is 2. The Hall–Kier alpha value is -3.64. The van der Waals surface area contributed by atoms with E-state index in [1.165, 1.54) is 34.0 Å². The molecule has 176 valence electrons. The summed E-state index contributed by atoms with van der Waals surface area (Å²) >= 11 is 2.86. The molecule has 3 heterocycles. The van der Waals surface area contributed by atoms with Crippen LogP contribution in [0.3, 0.4) is 0 Å². The number of carbonyl (C=O) groups is 2. The molecule has 1 aromatic carbocycles. The second-order valence-electron chi connectivity index (χ2n) is 7.27. The third-order valence-corrected chi connectivity index (χ3v) is 7.12. The molecule has 2 N–H and O–H groups in total. The molecule has 0 aliphatic carbocycles. The monoisotopic (exact) mass is 498 g/mol. The molecule has 0 fully saturated rings. The van der Waals surface area contributed by atoms with Crippen molar-refractivity contribution in [1.82, 2.24) is 29.5 Å². The SMILES string of the molecule is CCn1cnc2c1c(=O)n(CC(=O)NNC(=O)CSc1cccs1)c(=O)n2Cc1ccccc1. The predicted octanol–water partition coefficient (Wildman–Crippen LogP) is 1.43. The zero-order valence-corrected chi connectivity index (χ0v) is 19.9. The van der Waals surface area contributed by atoms with Gasteiger partial charge in [0.05, 0.1) is 22.8 Å². The summed E-state index contributed by atoms with van der Waals surface area (Å²) in [5.41, 5.74) is 4.67. The fourth-order valence-electron chi connectivity index (χ4n) is 3.37. The zero-order chi connectivity index (χ0) is 24.1. The number of carbonyl (C=O) groups excluding carboxylic acids is 2. The fourth-order valence-corrected chi connectivity index (χ4v) is 4.95. The molecule has 0 saturated carbocycles. The first-order valence-electron chi connectivity index (χ1n) is 10.4. The second-order valence-corrected chi connectivity index (χ2v) is 9.49. The molecule has 0 atom stereocenters. The molecular formula is C22H22N6O4S2. The van der Waals surface area contributed by atoms with Crippen LogP contribution in [0.25, 0.3) is 11.2 Å². The van der Waals surface area contributed by atoms with Gasteiger partial charge in [-0.1, -0.05) is 36.4 Å². The second kappa shape index (κ2) is 10.5. The van der Waals surface area contributed by atoms with Crippen LogP contribution in [0.15, 0.2) is 68.0 Å². The Kier molecular flexibility index (Phi) is 7.28. The van der Waals surface area contributed by atoms with Crippen LogP contribution in [0.5, 0.6) is 0 Å². The standard InChI is InChI=1S/C22H22N6O4S2/c1-2-26-14-23-20-19(26)21(31)28(22(32)27(20)11-15-7-4-3-5-8-15)12-16(29)24-25-17(30)13-34-18-9-6-10-33-18/h3-10,14H,2,11-13H2,1H3,(H,24,29)(H,25,30). The topological polar surface area (TPSA) is 120 Å². The van der Waals surface area contributed by atoms with Crippen LogP contribution in [0.2, 0.25) is 0 Å². The minimum atomic E-state index is -0.693. The van der Waals surface area contributed by atoms with Gasteiger partial charge in [-0.25, -0.2) is 14.3 Å².